The zero-order valence-corrected chi connectivity index (χ0v) is 24.0. The number of carbonyl (C=O) groups is 1. The highest BCUT2D eigenvalue weighted by atomic mass is 35.5. The fourth-order valence-electron chi connectivity index (χ4n) is 4.64. The molecule has 0 aliphatic carbocycles. The molecule has 1 aliphatic rings. The van der Waals surface area contributed by atoms with Gasteiger partial charge in [-0.15, -0.1) is 0 Å². The van der Waals surface area contributed by atoms with E-state index >= 15 is 0 Å². The van der Waals surface area contributed by atoms with Crippen LogP contribution in [0.2, 0.25) is 5.02 Å². The topological polar surface area (TPSA) is 113 Å². The summed E-state index contributed by atoms with van der Waals surface area (Å²) in [4.78, 5) is 13.2. The summed E-state index contributed by atoms with van der Waals surface area (Å²) in [5, 5.41) is 3.20. The summed E-state index contributed by atoms with van der Waals surface area (Å²) in [7, 11) is -7.90. The second-order valence-electron chi connectivity index (χ2n) is 9.55. The molecular formula is C29H26ClN3O5S2. The molecule has 0 spiro atoms. The van der Waals surface area contributed by atoms with Gasteiger partial charge in [-0.2, -0.15) is 0 Å². The molecule has 0 saturated heterocycles. The Kier molecular flexibility index (Phi) is 7.34. The van der Waals surface area contributed by atoms with Crippen LogP contribution in [0.25, 0.3) is 0 Å². The molecule has 11 heteroatoms. The number of fused-ring (bicyclic) bond motifs is 1. The van der Waals surface area contributed by atoms with E-state index in [1.54, 1.807) is 49.4 Å². The Bertz CT molecular complexity index is 1820. The summed E-state index contributed by atoms with van der Waals surface area (Å²) in [6, 6.07) is 23.5. The molecule has 0 radical (unpaired) electrons. The number of hydrogen-bond donors (Lipinski definition) is 2. The van der Waals surface area contributed by atoms with Crippen molar-refractivity contribution in [1.29, 1.82) is 0 Å². The molecule has 1 aliphatic heterocycles. The number of anilines is 3. The van der Waals surface area contributed by atoms with E-state index in [1.165, 1.54) is 40.7 Å². The van der Waals surface area contributed by atoms with Crippen LogP contribution in [0.15, 0.2) is 101 Å². The quantitative estimate of drug-likeness (QED) is 0.279. The fraction of sp³-hybridized carbons (Fsp3) is 0.138. The van der Waals surface area contributed by atoms with Gasteiger partial charge in [0.15, 0.2) is 0 Å². The van der Waals surface area contributed by atoms with Crippen molar-refractivity contribution in [2.24, 2.45) is 0 Å². The van der Waals surface area contributed by atoms with Crippen molar-refractivity contribution in [3.8, 4) is 0 Å². The van der Waals surface area contributed by atoms with Gasteiger partial charge in [0, 0.05) is 28.0 Å². The lowest BCUT2D eigenvalue weighted by Gasteiger charge is -2.24. The van der Waals surface area contributed by atoms with Crippen molar-refractivity contribution in [1.82, 2.24) is 0 Å². The normalized spacial score (nSPS) is 15.0. The van der Waals surface area contributed by atoms with Crippen molar-refractivity contribution in [2.75, 3.05) is 14.3 Å². The molecule has 0 unspecified atom stereocenters. The Hall–Kier alpha value is -3.86. The molecule has 4 aromatic carbocycles. The maximum Gasteiger partial charge on any atom is 0.264 e. The smallest absolute Gasteiger partial charge is 0.264 e. The highest BCUT2D eigenvalue weighted by Gasteiger charge is 2.36. The molecule has 0 bridgehead atoms. The Morgan fingerprint density at radius 2 is 1.60 bits per heavy atom. The lowest BCUT2D eigenvalue weighted by Crippen LogP contribution is -2.35. The molecule has 1 atom stereocenters. The summed E-state index contributed by atoms with van der Waals surface area (Å²) in [5.41, 5.74) is 2.94. The lowest BCUT2D eigenvalue weighted by molar-refractivity contribution is 0.102. The minimum atomic E-state index is -3.96. The van der Waals surface area contributed by atoms with Gasteiger partial charge >= 0.3 is 0 Å². The number of halogens is 1. The first-order valence-electron chi connectivity index (χ1n) is 12.4. The van der Waals surface area contributed by atoms with Crippen LogP contribution in [0.4, 0.5) is 17.1 Å². The van der Waals surface area contributed by atoms with Gasteiger partial charge in [0.2, 0.25) is 0 Å². The standard InChI is InChI=1S/C29H26ClN3O5S2/c1-19-10-15-25(39(35,36)32-24-13-11-23(30)12-14-24)18-27(19)31-29(34)22-7-5-8-26(17-22)40(37,38)33-20(2)16-21-6-3-4-9-28(21)33/h3-15,17-18,20,32H,16H2,1-2H3,(H,31,34)/t20-/m0/s1. The van der Waals surface area contributed by atoms with E-state index in [4.69, 9.17) is 11.6 Å². The summed E-state index contributed by atoms with van der Waals surface area (Å²) in [6.07, 6.45) is 0.598. The molecule has 5 rings (SSSR count). The number of amides is 1. The second kappa shape index (κ2) is 10.6. The van der Waals surface area contributed by atoms with Crippen molar-refractivity contribution in [2.45, 2.75) is 36.1 Å². The van der Waals surface area contributed by atoms with Gasteiger partial charge in [0.05, 0.1) is 15.5 Å². The van der Waals surface area contributed by atoms with Gasteiger partial charge in [0.25, 0.3) is 26.0 Å². The Labute approximate surface area is 238 Å². The van der Waals surface area contributed by atoms with Crippen LogP contribution in [0.3, 0.4) is 0 Å². The largest absolute Gasteiger partial charge is 0.322 e. The monoisotopic (exact) mass is 595 g/mol. The predicted molar refractivity (Wildman–Crippen MR) is 157 cm³/mol. The van der Waals surface area contributed by atoms with Gasteiger partial charge in [-0.3, -0.25) is 13.8 Å². The van der Waals surface area contributed by atoms with Gasteiger partial charge in [-0.25, -0.2) is 16.8 Å². The number of hydrogen-bond acceptors (Lipinski definition) is 5. The SMILES string of the molecule is Cc1ccc(S(=O)(=O)Nc2ccc(Cl)cc2)cc1NC(=O)c1cccc(S(=O)(=O)N2c3ccccc3C[C@@H]2C)c1. The number of nitrogens with zero attached hydrogens (tertiary/aromatic N) is 1. The number of aryl methyl sites for hydroxylation is 1. The third-order valence-electron chi connectivity index (χ3n) is 6.66. The van der Waals surface area contributed by atoms with E-state index in [2.05, 4.69) is 10.0 Å². The number of para-hydroxylation sites is 1. The first kappa shape index (κ1) is 27.7. The van der Waals surface area contributed by atoms with Crippen LogP contribution in [0, 0.1) is 6.92 Å². The van der Waals surface area contributed by atoms with Crippen molar-refractivity contribution >= 4 is 54.6 Å². The Morgan fingerprint density at radius 3 is 2.35 bits per heavy atom. The summed E-state index contributed by atoms with van der Waals surface area (Å²) < 4.78 is 57.1. The number of nitrogens with one attached hydrogen (secondary N) is 2. The lowest BCUT2D eigenvalue weighted by atomic mass is 10.1. The molecule has 0 aromatic heterocycles. The summed E-state index contributed by atoms with van der Waals surface area (Å²) >= 11 is 5.88. The van der Waals surface area contributed by atoms with Gasteiger partial charge in [-0.1, -0.05) is 41.9 Å². The first-order chi connectivity index (χ1) is 19.0. The van der Waals surface area contributed by atoms with E-state index < -0.39 is 26.0 Å². The predicted octanol–water partition coefficient (Wildman–Crippen LogP) is 5.84. The van der Waals surface area contributed by atoms with Crippen molar-refractivity contribution in [3.05, 3.63) is 113 Å². The van der Waals surface area contributed by atoms with Gasteiger partial charge in [-0.05, 0) is 92.1 Å². The number of sulfonamides is 2. The number of carbonyl (C=O) groups excluding carboxylic acids is 1. The molecule has 40 heavy (non-hydrogen) atoms. The number of rotatable bonds is 7. The Morgan fingerprint density at radius 1 is 0.875 bits per heavy atom. The molecule has 1 heterocycles. The van der Waals surface area contributed by atoms with Crippen LogP contribution >= 0.6 is 11.6 Å². The average Bonchev–Trinajstić information content (AvgIpc) is 3.27. The Balaban J connectivity index is 1.39. The fourth-order valence-corrected chi connectivity index (χ4v) is 7.59. The van der Waals surface area contributed by atoms with E-state index in [-0.39, 0.29) is 27.1 Å². The van der Waals surface area contributed by atoms with Crippen LogP contribution < -0.4 is 14.3 Å². The van der Waals surface area contributed by atoms with Crippen LogP contribution in [0.1, 0.15) is 28.4 Å². The first-order valence-corrected chi connectivity index (χ1v) is 15.7. The van der Waals surface area contributed by atoms with Crippen LogP contribution in [0.5, 0.6) is 0 Å². The van der Waals surface area contributed by atoms with E-state index in [0.29, 0.717) is 28.4 Å². The molecule has 0 fully saturated rings. The molecule has 1 amide bonds. The van der Waals surface area contributed by atoms with Crippen LogP contribution in [-0.4, -0.2) is 28.8 Å². The average molecular weight is 596 g/mol. The zero-order valence-electron chi connectivity index (χ0n) is 21.6. The van der Waals surface area contributed by atoms with E-state index in [0.717, 1.165) is 5.56 Å². The third-order valence-corrected chi connectivity index (χ3v) is 10.2. The maximum atomic E-state index is 13.6. The number of benzene rings is 4. The van der Waals surface area contributed by atoms with Crippen LogP contribution in [-0.2, 0) is 26.5 Å². The molecule has 2 N–H and O–H groups in total. The molecule has 8 nitrogen and oxygen atoms in total. The van der Waals surface area contributed by atoms with E-state index in [9.17, 15) is 21.6 Å². The second-order valence-corrected chi connectivity index (χ2v) is 13.5. The van der Waals surface area contributed by atoms with Crippen molar-refractivity contribution < 1.29 is 21.6 Å². The molecule has 0 saturated carbocycles. The molecular weight excluding hydrogens is 570 g/mol. The maximum absolute atomic E-state index is 13.6. The minimum absolute atomic E-state index is 0.0103. The van der Waals surface area contributed by atoms with E-state index in [1.807, 2.05) is 19.1 Å². The molecule has 206 valence electrons. The highest BCUT2D eigenvalue weighted by Crippen LogP contribution is 2.36. The zero-order chi connectivity index (χ0) is 28.7. The van der Waals surface area contributed by atoms with Crippen molar-refractivity contribution in [3.63, 3.8) is 0 Å². The van der Waals surface area contributed by atoms with Gasteiger partial charge < -0.3 is 5.32 Å². The third kappa shape index (κ3) is 5.42. The summed E-state index contributed by atoms with van der Waals surface area (Å²) in [6.45, 7) is 3.57. The summed E-state index contributed by atoms with van der Waals surface area (Å²) in [5.74, 6) is -0.574. The minimum Gasteiger partial charge on any atom is -0.322 e. The highest BCUT2D eigenvalue weighted by molar-refractivity contribution is 7.93. The molecule has 4 aromatic rings. The van der Waals surface area contributed by atoms with Gasteiger partial charge in [0.1, 0.15) is 0 Å².